The summed E-state index contributed by atoms with van der Waals surface area (Å²) in [5, 5.41) is 13.2. The summed E-state index contributed by atoms with van der Waals surface area (Å²) in [6, 6.07) is 10.2. The fourth-order valence-corrected chi connectivity index (χ4v) is 3.48. The number of amides is 2. The van der Waals surface area contributed by atoms with Gasteiger partial charge in [0.1, 0.15) is 5.82 Å². The highest BCUT2D eigenvalue weighted by Crippen LogP contribution is 2.24. The van der Waals surface area contributed by atoms with Gasteiger partial charge >= 0.3 is 6.03 Å². The van der Waals surface area contributed by atoms with E-state index in [0.29, 0.717) is 17.8 Å². The Morgan fingerprint density at radius 1 is 1.24 bits per heavy atom. The number of rotatable bonds is 4. The van der Waals surface area contributed by atoms with E-state index < -0.39 is 0 Å². The van der Waals surface area contributed by atoms with Gasteiger partial charge < -0.3 is 15.5 Å². The summed E-state index contributed by atoms with van der Waals surface area (Å²) in [5.74, 6) is 0.513. The van der Waals surface area contributed by atoms with Crippen molar-refractivity contribution in [1.29, 1.82) is 0 Å². The molecule has 3 aromatic rings. The standard InChI is InChI=1S/C21H23FN6O/c1-14-4-5-16(11-18(14)22)24-21(29)25-17-3-2-10-28(13-17)20-12-19(26-27-20)15-6-8-23-9-7-15/h4-9,11-12,17H,2-3,10,13H2,1H3,(H,26,27)(H2,24,25,29). The lowest BCUT2D eigenvalue weighted by molar-refractivity contribution is 0.246. The lowest BCUT2D eigenvalue weighted by Gasteiger charge is -2.33. The summed E-state index contributed by atoms with van der Waals surface area (Å²) in [5.41, 5.74) is 2.93. The topological polar surface area (TPSA) is 85.9 Å². The maximum atomic E-state index is 13.7. The van der Waals surface area contributed by atoms with Crippen LogP contribution in [0.2, 0.25) is 0 Å². The molecule has 1 saturated heterocycles. The SMILES string of the molecule is Cc1ccc(NC(=O)NC2CCCN(c3cc(-c4ccncc4)[nH]n3)C2)cc1F. The molecule has 3 N–H and O–H groups in total. The second-order valence-electron chi connectivity index (χ2n) is 7.22. The third-order valence-corrected chi connectivity index (χ3v) is 5.07. The van der Waals surface area contributed by atoms with E-state index in [2.05, 4.69) is 30.7 Å². The molecule has 0 spiro atoms. The van der Waals surface area contributed by atoms with Crippen LogP contribution in [0.5, 0.6) is 0 Å². The number of aryl methyl sites for hydroxylation is 1. The predicted octanol–water partition coefficient (Wildman–Crippen LogP) is 3.71. The molecule has 1 aliphatic rings. The molecular formula is C21H23FN6O. The molecule has 7 nitrogen and oxygen atoms in total. The van der Waals surface area contributed by atoms with Crippen LogP contribution in [0, 0.1) is 12.7 Å². The maximum absolute atomic E-state index is 13.7. The van der Waals surface area contributed by atoms with Gasteiger partial charge in [0.05, 0.1) is 5.69 Å². The van der Waals surface area contributed by atoms with E-state index in [-0.39, 0.29) is 17.9 Å². The number of hydrogen-bond acceptors (Lipinski definition) is 4. The number of halogens is 1. The number of aromatic amines is 1. The highest BCUT2D eigenvalue weighted by molar-refractivity contribution is 5.89. The number of benzene rings is 1. The van der Waals surface area contributed by atoms with Crippen molar-refractivity contribution in [3.63, 3.8) is 0 Å². The number of aromatic nitrogens is 3. The first-order valence-electron chi connectivity index (χ1n) is 9.63. The Morgan fingerprint density at radius 2 is 2.07 bits per heavy atom. The van der Waals surface area contributed by atoms with Crippen molar-refractivity contribution in [3.8, 4) is 11.3 Å². The molecule has 0 aliphatic carbocycles. The molecular weight excluding hydrogens is 371 g/mol. The van der Waals surface area contributed by atoms with Crippen molar-refractivity contribution in [3.05, 3.63) is 60.2 Å². The largest absolute Gasteiger partial charge is 0.353 e. The molecule has 0 bridgehead atoms. The number of urea groups is 1. The van der Waals surface area contributed by atoms with Crippen molar-refractivity contribution in [1.82, 2.24) is 20.5 Å². The first-order chi connectivity index (χ1) is 14.1. The molecule has 8 heteroatoms. The number of pyridine rings is 1. The van der Waals surface area contributed by atoms with Gasteiger partial charge in [0, 0.05) is 48.8 Å². The normalized spacial score (nSPS) is 16.5. The molecule has 1 fully saturated rings. The molecule has 0 saturated carbocycles. The van der Waals surface area contributed by atoms with Crippen LogP contribution in [-0.2, 0) is 0 Å². The number of anilines is 2. The van der Waals surface area contributed by atoms with Gasteiger partial charge in [0.25, 0.3) is 0 Å². The van der Waals surface area contributed by atoms with Crippen LogP contribution in [0.1, 0.15) is 18.4 Å². The molecule has 0 radical (unpaired) electrons. The zero-order valence-electron chi connectivity index (χ0n) is 16.2. The summed E-state index contributed by atoms with van der Waals surface area (Å²) in [6.45, 7) is 3.23. The Labute approximate surface area is 168 Å². The van der Waals surface area contributed by atoms with Crippen LogP contribution in [0.25, 0.3) is 11.3 Å². The fraction of sp³-hybridized carbons (Fsp3) is 0.286. The second-order valence-corrected chi connectivity index (χ2v) is 7.22. The molecule has 29 heavy (non-hydrogen) atoms. The molecule has 2 aromatic heterocycles. The zero-order valence-corrected chi connectivity index (χ0v) is 16.2. The molecule has 3 heterocycles. The van der Waals surface area contributed by atoms with E-state index in [0.717, 1.165) is 36.5 Å². The molecule has 4 rings (SSSR count). The van der Waals surface area contributed by atoms with Crippen LogP contribution < -0.4 is 15.5 Å². The van der Waals surface area contributed by atoms with E-state index in [4.69, 9.17) is 0 Å². The Balaban J connectivity index is 1.36. The minimum absolute atomic E-state index is 0.0138. The van der Waals surface area contributed by atoms with E-state index in [1.165, 1.54) is 6.07 Å². The van der Waals surface area contributed by atoms with Crippen molar-refractivity contribution in [2.75, 3.05) is 23.3 Å². The summed E-state index contributed by atoms with van der Waals surface area (Å²) < 4.78 is 13.7. The number of carbonyl (C=O) groups is 1. The predicted molar refractivity (Wildman–Crippen MR) is 110 cm³/mol. The van der Waals surface area contributed by atoms with E-state index in [1.54, 1.807) is 31.5 Å². The third-order valence-electron chi connectivity index (χ3n) is 5.07. The highest BCUT2D eigenvalue weighted by Gasteiger charge is 2.23. The zero-order chi connectivity index (χ0) is 20.2. The molecule has 1 aliphatic heterocycles. The summed E-state index contributed by atoms with van der Waals surface area (Å²) in [7, 11) is 0. The minimum Gasteiger partial charge on any atom is -0.353 e. The van der Waals surface area contributed by atoms with Gasteiger partial charge in [-0.3, -0.25) is 10.1 Å². The second kappa shape index (κ2) is 8.30. The minimum atomic E-state index is -0.338. The van der Waals surface area contributed by atoms with Crippen LogP contribution in [0.4, 0.5) is 20.7 Å². The summed E-state index contributed by atoms with van der Waals surface area (Å²) in [6.07, 6.45) is 5.32. The van der Waals surface area contributed by atoms with Gasteiger partial charge in [-0.2, -0.15) is 5.10 Å². The van der Waals surface area contributed by atoms with Crippen LogP contribution in [-0.4, -0.2) is 40.3 Å². The number of nitrogens with one attached hydrogen (secondary N) is 3. The van der Waals surface area contributed by atoms with Gasteiger partial charge in [-0.05, 0) is 49.6 Å². The highest BCUT2D eigenvalue weighted by atomic mass is 19.1. The lowest BCUT2D eigenvalue weighted by atomic mass is 10.1. The molecule has 1 atom stereocenters. The first kappa shape index (κ1) is 18.9. The van der Waals surface area contributed by atoms with Gasteiger partial charge in [-0.1, -0.05) is 6.07 Å². The first-order valence-corrected chi connectivity index (χ1v) is 9.63. The molecule has 2 amide bonds. The monoisotopic (exact) mass is 394 g/mol. The molecule has 1 aromatic carbocycles. The van der Waals surface area contributed by atoms with Crippen molar-refractivity contribution < 1.29 is 9.18 Å². The summed E-state index contributed by atoms with van der Waals surface area (Å²) >= 11 is 0. The number of nitrogens with zero attached hydrogens (tertiary/aromatic N) is 3. The van der Waals surface area contributed by atoms with Crippen LogP contribution in [0.3, 0.4) is 0 Å². The fourth-order valence-electron chi connectivity index (χ4n) is 3.48. The van der Waals surface area contributed by atoms with E-state index in [9.17, 15) is 9.18 Å². The Hall–Kier alpha value is -3.42. The number of piperidine rings is 1. The summed E-state index contributed by atoms with van der Waals surface area (Å²) in [4.78, 5) is 18.5. The van der Waals surface area contributed by atoms with Gasteiger partial charge in [0.15, 0.2) is 5.82 Å². The number of carbonyl (C=O) groups excluding carboxylic acids is 1. The van der Waals surface area contributed by atoms with E-state index in [1.807, 2.05) is 18.2 Å². The number of H-pyrrole nitrogens is 1. The maximum Gasteiger partial charge on any atom is 0.319 e. The Kier molecular flexibility index (Phi) is 5.41. The van der Waals surface area contributed by atoms with E-state index >= 15 is 0 Å². The Bertz CT molecular complexity index is 990. The van der Waals surface area contributed by atoms with Crippen molar-refractivity contribution in [2.24, 2.45) is 0 Å². The average molecular weight is 394 g/mol. The quantitative estimate of drug-likeness (QED) is 0.630. The smallest absolute Gasteiger partial charge is 0.319 e. The van der Waals surface area contributed by atoms with Crippen molar-refractivity contribution in [2.45, 2.75) is 25.8 Å². The van der Waals surface area contributed by atoms with Gasteiger partial charge in [-0.25, -0.2) is 9.18 Å². The van der Waals surface area contributed by atoms with Gasteiger partial charge in [0.2, 0.25) is 0 Å². The number of hydrogen-bond donors (Lipinski definition) is 3. The Morgan fingerprint density at radius 3 is 2.86 bits per heavy atom. The average Bonchev–Trinajstić information content (AvgIpc) is 3.22. The van der Waals surface area contributed by atoms with Gasteiger partial charge in [-0.15, -0.1) is 0 Å². The van der Waals surface area contributed by atoms with Crippen LogP contribution >= 0.6 is 0 Å². The lowest BCUT2D eigenvalue weighted by Crippen LogP contribution is -2.49. The van der Waals surface area contributed by atoms with Crippen molar-refractivity contribution >= 4 is 17.5 Å². The van der Waals surface area contributed by atoms with Crippen LogP contribution in [0.15, 0.2) is 48.8 Å². The molecule has 1 unspecified atom stereocenters. The third kappa shape index (κ3) is 4.53. The molecule has 150 valence electrons.